The Morgan fingerprint density at radius 1 is 0.868 bits per heavy atom. The third-order valence-electron chi connectivity index (χ3n) is 7.06. The smallest absolute Gasteiger partial charge is 0.335 e. The van der Waals surface area contributed by atoms with Gasteiger partial charge in [0.15, 0.2) is 0 Å². The molecule has 0 fully saturated rings. The number of nitrogens with zero attached hydrogens (tertiary/aromatic N) is 3. The Kier molecular flexibility index (Phi) is 9.88. The quantitative estimate of drug-likeness (QED) is 0.187. The standard InChI is InChI=1S/C33H39N3O2/c1-3-5-20-30(31-23-34-32(36(31)21-6-4-2)28-17-11-8-12-18-28)35(24-26-14-9-7-10-15-26)25-27-16-13-19-29(22-27)33(37)38/h7-19,22-23,30H,3-6,20-21,24-25H2,1-2H3,(H,37,38). The fourth-order valence-electron chi connectivity index (χ4n) is 5.07. The van der Waals surface area contributed by atoms with Crippen LogP contribution in [0.15, 0.2) is 91.1 Å². The molecular formula is C33H39N3O2. The zero-order valence-corrected chi connectivity index (χ0v) is 22.6. The van der Waals surface area contributed by atoms with Gasteiger partial charge < -0.3 is 9.67 Å². The van der Waals surface area contributed by atoms with Gasteiger partial charge in [-0.3, -0.25) is 4.90 Å². The summed E-state index contributed by atoms with van der Waals surface area (Å²) in [6, 6.07) is 28.5. The van der Waals surface area contributed by atoms with E-state index in [-0.39, 0.29) is 6.04 Å². The number of hydrogen-bond acceptors (Lipinski definition) is 3. The van der Waals surface area contributed by atoms with Gasteiger partial charge in [0.2, 0.25) is 0 Å². The minimum absolute atomic E-state index is 0.144. The van der Waals surface area contributed by atoms with Gasteiger partial charge in [-0.2, -0.15) is 0 Å². The van der Waals surface area contributed by atoms with E-state index in [1.165, 1.54) is 11.3 Å². The summed E-state index contributed by atoms with van der Waals surface area (Å²) in [7, 11) is 0. The number of aromatic nitrogens is 2. The third-order valence-corrected chi connectivity index (χ3v) is 7.06. The van der Waals surface area contributed by atoms with Crippen molar-refractivity contribution in [3.63, 3.8) is 0 Å². The van der Waals surface area contributed by atoms with Crippen LogP contribution in [-0.2, 0) is 19.6 Å². The number of aromatic carboxylic acids is 1. The lowest BCUT2D eigenvalue weighted by molar-refractivity contribution is 0.0696. The molecule has 1 atom stereocenters. The maximum Gasteiger partial charge on any atom is 0.335 e. The topological polar surface area (TPSA) is 58.4 Å². The summed E-state index contributed by atoms with van der Waals surface area (Å²) >= 11 is 0. The molecule has 0 saturated heterocycles. The minimum atomic E-state index is -0.894. The predicted octanol–water partition coefficient (Wildman–Crippen LogP) is 7.98. The molecule has 0 saturated carbocycles. The molecule has 1 heterocycles. The van der Waals surface area contributed by atoms with Crippen molar-refractivity contribution in [1.29, 1.82) is 0 Å². The Bertz CT molecular complexity index is 1280. The summed E-state index contributed by atoms with van der Waals surface area (Å²) in [6.45, 7) is 6.81. The Labute approximate surface area is 226 Å². The Balaban J connectivity index is 1.78. The Morgan fingerprint density at radius 3 is 2.21 bits per heavy atom. The van der Waals surface area contributed by atoms with E-state index in [1.807, 2.05) is 24.3 Å². The van der Waals surface area contributed by atoms with Gasteiger partial charge in [0.05, 0.1) is 23.5 Å². The number of unbranched alkanes of at least 4 members (excludes halogenated alkanes) is 2. The lowest BCUT2D eigenvalue weighted by Gasteiger charge is -2.33. The van der Waals surface area contributed by atoms with E-state index in [4.69, 9.17) is 4.98 Å². The summed E-state index contributed by atoms with van der Waals surface area (Å²) in [4.78, 5) is 19.1. The summed E-state index contributed by atoms with van der Waals surface area (Å²) in [5.41, 5.74) is 4.94. The molecule has 1 N–H and O–H groups in total. The second kappa shape index (κ2) is 13.7. The van der Waals surface area contributed by atoms with Crippen molar-refractivity contribution < 1.29 is 9.90 Å². The van der Waals surface area contributed by atoms with Crippen LogP contribution in [0, 0.1) is 0 Å². The molecule has 38 heavy (non-hydrogen) atoms. The number of imidazole rings is 1. The first-order chi connectivity index (χ1) is 18.6. The van der Waals surface area contributed by atoms with Gasteiger partial charge >= 0.3 is 5.97 Å². The van der Waals surface area contributed by atoms with Crippen LogP contribution in [0.5, 0.6) is 0 Å². The number of hydrogen-bond donors (Lipinski definition) is 1. The average Bonchev–Trinajstić information content (AvgIpc) is 3.36. The van der Waals surface area contributed by atoms with Crippen LogP contribution in [0.25, 0.3) is 11.4 Å². The monoisotopic (exact) mass is 509 g/mol. The molecule has 0 radical (unpaired) electrons. The maximum absolute atomic E-state index is 11.7. The molecule has 0 spiro atoms. The predicted molar refractivity (Wildman–Crippen MR) is 154 cm³/mol. The van der Waals surface area contributed by atoms with Crippen molar-refractivity contribution >= 4 is 5.97 Å². The molecule has 1 unspecified atom stereocenters. The average molecular weight is 510 g/mol. The molecule has 3 aromatic carbocycles. The lowest BCUT2D eigenvalue weighted by Crippen LogP contribution is -2.30. The molecule has 0 aliphatic carbocycles. The first-order valence-electron chi connectivity index (χ1n) is 13.8. The second-order valence-electron chi connectivity index (χ2n) is 9.93. The van der Waals surface area contributed by atoms with E-state index >= 15 is 0 Å². The number of rotatable bonds is 14. The van der Waals surface area contributed by atoms with Crippen LogP contribution in [-0.4, -0.2) is 25.5 Å². The van der Waals surface area contributed by atoms with Crippen molar-refractivity contribution in [1.82, 2.24) is 14.5 Å². The van der Waals surface area contributed by atoms with E-state index in [0.717, 1.165) is 62.1 Å². The molecule has 0 aliphatic heterocycles. The SMILES string of the molecule is CCCCC(c1cnc(-c2ccccc2)n1CCCC)N(Cc1ccccc1)Cc1cccc(C(=O)O)c1. The van der Waals surface area contributed by atoms with Crippen molar-refractivity contribution in [3.05, 3.63) is 114 Å². The number of carbonyl (C=O) groups is 1. The van der Waals surface area contributed by atoms with Gasteiger partial charge in [0, 0.05) is 25.2 Å². The third kappa shape index (κ3) is 6.99. The van der Waals surface area contributed by atoms with E-state index in [9.17, 15) is 9.90 Å². The Morgan fingerprint density at radius 2 is 1.53 bits per heavy atom. The molecule has 1 aromatic heterocycles. The normalized spacial score (nSPS) is 12.1. The molecule has 5 heteroatoms. The van der Waals surface area contributed by atoms with Crippen molar-refractivity contribution in [2.75, 3.05) is 0 Å². The second-order valence-corrected chi connectivity index (χ2v) is 9.93. The highest BCUT2D eigenvalue weighted by molar-refractivity contribution is 5.87. The molecule has 0 bridgehead atoms. The van der Waals surface area contributed by atoms with E-state index in [0.29, 0.717) is 12.1 Å². The first kappa shape index (κ1) is 27.3. The maximum atomic E-state index is 11.7. The summed E-state index contributed by atoms with van der Waals surface area (Å²) < 4.78 is 2.42. The van der Waals surface area contributed by atoms with E-state index < -0.39 is 5.97 Å². The summed E-state index contributed by atoms with van der Waals surface area (Å²) in [6.07, 6.45) is 7.49. The van der Waals surface area contributed by atoms with Gasteiger partial charge in [0.1, 0.15) is 5.82 Å². The van der Waals surface area contributed by atoms with Crippen molar-refractivity contribution in [2.45, 2.75) is 71.6 Å². The van der Waals surface area contributed by atoms with Gasteiger partial charge in [-0.05, 0) is 36.1 Å². The molecular weight excluding hydrogens is 470 g/mol. The van der Waals surface area contributed by atoms with Gasteiger partial charge in [-0.1, -0.05) is 106 Å². The molecule has 0 amide bonds. The lowest BCUT2D eigenvalue weighted by atomic mass is 10.0. The Hall–Kier alpha value is -3.70. The molecule has 198 valence electrons. The largest absolute Gasteiger partial charge is 0.478 e. The number of carboxylic acids is 1. The van der Waals surface area contributed by atoms with Gasteiger partial charge in [-0.15, -0.1) is 0 Å². The highest BCUT2D eigenvalue weighted by Crippen LogP contribution is 2.33. The van der Waals surface area contributed by atoms with Crippen LogP contribution >= 0.6 is 0 Å². The molecule has 0 aliphatic rings. The molecule has 5 nitrogen and oxygen atoms in total. The highest BCUT2D eigenvalue weighted by atomic mass is 16.4. The van der Waals surface area contributed by atoms with Crippen molar-refractivity contribution in [2.24, 2.45) is 0 Å². The zero-order chi connectivity index (χ0) is 26.7. The number of carboxylic acid groups (broad SMARTS) is 1. The summed E-state index contributed by atoms with van der Waals surface area (Å²) in [5.74, 6) is 0.122. The van der Waals surface area contributed by atoms with Crippen LogP contribution in [0.1, 0.15) is 79.2 Å². The van der Waals surface area contributed by atoms with Crippen LogP contribution in [0.4, 0.5) is 0 Å². The van der Waals surface area contributed by atoms with Crippen LogP contribution in [0.3, 0.4) is 0 Å². The highest BCUT2D eigenvalue weighted by Gasteiger charge is 2.26. The van der Waals surface area contributed by atoms with Gasteiger partial charge in [0.25, 0.3) is 0 Å². The fourth-order valence-corrected chi connectivity index (χ4v) is 5.07. The first-order valence-corrected chi connectivity index (χ1v) is 13.8. The molecule has 4 rings (SSSR count). The van der Waals surface area contributed by atoms with Gasteiger partial charge in [-0.25, -0.2) is 9.78 Å². The summed E-state index contributed by atoms with van der Waals surface area (Å²) in [5, 5.41) is 9.59. The van der Waals surface area contributed by atoms with Crippen molar-refractivity contribution in [3.8, 4) is 11.4 Å². The van der Waals surface area contributed by atoms with Crippen LogP contribution < -0.4 is 0 Å². The minimum Gasteiger partial charge on any atom is -0.478 e. The fraction of sp³-hybridized carbons (Fsp3) is 0.333. The number of benzene rings is 3. The zero-order valence-electron chi connectivity index (χ0n) is 22.6. The van der Waals surface area contributed by atoms with Crippen LogP contribution in [0.2, 0.25) is 0 Å². The molecule has 4 aromatic rings. The van der Waals surface area contributed by atoms with E-state index in [2.05, 4.69) is 78.0 Å². The van der Waals surface area contributed by atoms with E-state index in [1.54, 1.807) is 12.1 Å².